The van der Waals surface area contributed by atoms with Gasteiger partial charge in [-0.25, -0.2) is 0 Å². The van der Waals surface area contributed by atoms with Crippen LogP contribution in [0.25, 0.3) is 0 Å². The van der Waals surface area contributed by atoms with E-state index in [0.29, 0.717) is 6.42 Å². The number of aliphatic carboxylic acids is 1. The van der Waals surface area contributed by atoms with E-state index in [9.17, 15) is 9.90 Å². The molecule has 2 rings (SSSR count). The highest BCUT2D eigenvalue weighted by molar-refractivity contribution is 9.28. The average molecular weight is 507 g/mol. The van der Waals surface area contributed by atoms with Crippen LogP contribution >= 0.6 is 47.8 Å². The molecule has 23 heavy (non-hydrogen) atoms. The maximum atomic E-state index is 12.0. The molecule has 0 saturated heterocycles. The molecule has 0 aliphatic heterocycles. The second-order valence-corrected chi connectivity index (χ2v) is 9.79. The number of rotatable bonds is 6. The molecule has 0 heterocycles. The van der Waals surface area contributed by atoms with Crippen LogP contribution in [0.4, 0.5) is 0 Å². The molecule has 1 aromatic carbocycles. The zero-order chi connectivity index (χ0) is 17.3. The van der Waals surface area contributed by atoms with Gasteiger partial charge in [0.2, 0.25) is 0 Å². The first-order valence-corrected chi connectivity index (χ1v) is 9.85. The largest absolute Gasteiger partial charge is 0.481 e. The summed E-state index contributed by atoms with van der Waals surface area (Å²) in [6.07, 6.45) is 5.40. The van der Waals surface area contributed by atoms with Crippen LogP contribution in [0.5, 0.6) is 0 Å². The Morgan fingerprint density at radius 3 is 2.26 bits per heavy atom. The van der Waals surface area contributed by atoms with Gasteiger partial charge in [-0.15, -0.1) is 0 Å². The molecule has 2 nitrogen and oxygen atoms in total. The van der Waals surface area contributed by atoms with E-state index in [1.807, 2.05) is 43.1 Å². The van der Waals surface area contributed by atoms with E-state index in [2.05, 4.69) is 59.9 Å². The molecule has 5 heteroatoms. The molecule has 0 amide bonds. The number of hydrogen-bond donors (Lipinski definition) is 1. The SMILES string of the molecule is CC1(C)C(C=C(Br)Br)C1(Cc1ccc(CC=CBr)cc1)C(=O)O. The van der Waals surface area contributed by atoms with Crippen LogP contribution in [0.1, 0.15) is 25.0 Å². The molecule has 1 saturated carbocycles. The van der Waals surface area contributed by atoms with Crippen molar-refractivity contribution in [2.75, 3.05) is 0 Å². The molecule has 2 unspecified atom stereocenters. The molecule has 0 radical (unpaired) electrons. The van der Waals surface area contributed by atoms with Gasteiger partial charge in [0.05, 0.1) is 8.81 Å². The van der Waals surface area contributed by atoms with E-state index in [4.69, 9.17) is 0 Å². The van der Waals surface area contributed by atoms with Crippen molar-refractivity contribution in [3.05, 3.63) is 55.9 Å². The Kier molecular flexibility index (Phi) is 5.96. The molecule has 124 valence electrons. The highest BCUT2D eigenvalue weighted by atomic mass is 79.9. The van der Waals surface area contributed by atoms with Gasteiger partial charge in [-0.1, -0.05) is 66.2 Å². The van der Waals surface area contributed by atoms with Gasteiger partial charge in [-0.05, 0) is 66.2 Å². The van der Waals surface area contributed by atoms with Gasteiger partial charge < -0.3 is 5.11 Å². The minimum absolute atomic E-state index is 0.00254. The summed E-state index contributed by atoms with van der Waals surface area (Å²) in [6, 6.07) is 8.22. The van der Waals surface area contributed by atoms with Gasteiger partial charge in [0.15, 0.2) is 0 Å². The summed E-state index contributed by atoms with van der Waals surface area (Å²) >= 11 is 9.99. The summed E-state index contributed by atoms with van der Waals surface area (Å²) in [4.78, 5) is 13.9. The molecule has 1 aliphatic rings. The van der Waals surface area contributed by atoms with Crippen LogP contribution < -0.4 is 0 Å². The molecule has 1 aromatic rings. The number of benzene rings is 1. The van der Waals surface area contributed by atoms with Crippen molar-refractivity contribution < 1.29 is 9.90 Å². The fourth-order valence-electron chi connectivity index (χ4n) is 3.49. The van der Waals surface area contributed by atoms with Crippen molar-refractivity contribution >= 4 is 53.8 Å². The van der Waals surface area contributed by atoms with Gasteiger partial charge in [-0.2, -0.15) is 0 Å². The fraction of sp³-hybridized carbons (Fsp3) is 0.389. The van der Waals surface area contributed by atoms with Crippen molar-refractivity contribution in [1.29, 1.82) is 0 Å². The normalized spacial score (nSPS) is 25.3. The van der Waals surface area contributed by atoms with Crippen molar-refractivity contribution in [3.63, 3.8) is 0 Å². The predicted octanol–water partition coefficient (Wildman–Crippen LogP) is 6.04. The Morgan fingerprint density at radius 1 is 1.22 bits per heavy atom. The molecule has 1 N–H and O–H groups in total. The van der Waals surface area contributed by atoms with Crippen LogP contribution in [0.2, 0.25) is 0 Å². The van der Waals surface area contributed by atoms with Crippen molar-refractivity contribution in [2.45, 2.75) is 26.7 Å². The summed E-state index contributed by atoms with van der Waals surface area (Å²) in [5.41, 5.74) is 1.25. The monoisotopic (exact) mass is 504 g/mol. The quantitative estimate of drug-likeness (QED) is 0.511. The van der Waals surface area contributed by atoms with Crippen LogP contribution in [-0.2, 0) is 17.6 Å². The van der Waals surface area contributed by atoms with Crippen LogP contribution in [0.15, 0.2) is 44.8 Å². The summed E-state index contributed by atoms with van der Waals surface area (Å²) in [5, 5.41) is 9.88. The third-order valence-electron chi connectivity index (χ3n) is 5.00. The topological polar surface area (TPSA) is 37.3 Å². The fourth-order valence-corrected chi connectivity index (χ4v) is 4.21. The standard InChI is InChI=1S/C18H19Br3O2/c1-17(2)14(10-15(20)21)18(17,16(22)23)11-13-7-5-12(6-8-13)4-3-9-19/h3,5-10,14H,4,11H2,1-2H3,(H,22,23). The lowest BCUT2D eigenvalue weighted by molar-refractivity contribution is -0.145. The first-order chi connectivity index (χ1) is 10.8. The van der Waals surface area contributed by atoms with Crippen molar-refractivity contribution in [1.82, 2.24) is 0 Å². The van der Waals surface area contributed by atoms with Crippen molar-refractivity contribution in [3.8, 4) is 0 Å². The lowest BCUT2D eigenvalue weighted by Gasteiger charge is -2.16. The third kappa shape index (κ3) is 3.67. The lowest BCUT2D eigenvalue weighted by atomic mass is 9.88. The first-order valence-electron chi connectivity index (χ1n) is 7.35. The summed E-state index contributed by atoms with van der Waals surface area (Å²) in [7, 11) is 0. The van der Waals surface area contributed by atoms with Crippen molar-refractivity contribution in [2.24, 2.45) is 16.7 Å². The van der Waals surface area contributed by atoms with E-state index < -0.39 is 11.4 Å². The van der Waals surface area contributed by atoms with Crippen LogP contribution in [0, 0.1) is 16.7 Å². The Morgan fingerprint density at radius 2 is 1.78 bits per heavy atom. The maximum absolute atomic E-state index is 12.0. The van der Waals surface area contributed by atoms with E-state index in [1.54, 1.807) is 0 Å². The highest BCUT2D eigenvalue weighted by Crippen LogP contribution is 2.71. The van der Waals surface area contributed by atoms with Crippen LogP contribution in [0.3, 0.4) is 0 Å². The van der Waals surface area contributed by atoms with E-state index in [0.717, 1.165) is 15.4 Å². The molecule has 0 bridgehead atoms. The number of carbonyl (C=O) groups is 1. The average Bonchev–Trinajstić information content (AvgIpc) is 2.94. The Balaban J connectivity index is 2.25. The first kappa shape index (κ1) is 18.9. The minimum Gasteiger partial charge on any atom is -0.481 e. The Labute approximate surface area is 162 Å². The minimum atomic E-state index is -0.753. The number of halogens is 3. The number of carboxylic acids is 1. The molecule has 0 spiro atoms. The van der Waals surface area contributed by atoms with Gasteiger partial charge in [0.25, 0.3) is 0 Å². The molecular weight excluding hydrogens is 488 g/mol. The Bertz CT molecular complexity index is 643. The van der Waals surface area contributed by atoms with Crippen LogP contribution in [-0.4, -0.2) is 11.1 Å². The van der Waals surface area contributed by atoms with Gasteiger partial charge in [0, 0.05) is 5.92 Å². The summed E-state index contributed by atoms with van der Waals surface area (Å²) in [5.74, 6) is -0.728. The summed E-state index contributed by atoms with van der Waals surface area (Å²) < 4.78 is 0.808. The van der Waals surface area contributed by atoms with Gasteiger partial charge in [0.1, 0.15) is 0 Å². The third-order valence-corrected chi connectivity index (χ3v) is 5.90. The zero-order valence-corrected chi connectivity index (χ0v) is 17.8. The number of hydrogen-bond acceptors (Lipinski definition) is 1. The molecule has 0 aromatic heterocycles. The van der Waals surface area contributed by atoms with E-state index in [-0.39, 0.29) is 11.3 Å². The zero-order valence-electron chi connectivity index (χ0n) is 13.0. The van der Waals surface area contributed by atoms with Gasteiger partial charge in [-0.3, -0.25) is 4.79 Å². The molecule has 1 fully saturated rings. The predicted molar refractivity (Wildman–Crippen MR) is 105 cm³/mol. The maximum Gasteiger partial charge on any atom is 0.311 e. The van der Waals surface area contributed by atoms with E-state index >= 15 is 0 Å². The summed E-state index contributed by atoms with van der Waals surface area (Å²) in [6.45, 7) is 4.06. The Hall–Kier alpha value is -0.390. The van der Waals surface area contributed by atoms with Gasteiger partial charge >= 0.3 is 5.97 Å². The second-order valence-electron chi connectivity index (χ2n) is 6.49. The molecular formula is C18H19Br3O2. The highest BCUT2D eigenvalue weighted by Gasteiger charge is 2.74. The number of carboxylic acid groups (broad SMARTS) is 1. The second kappa shape index (κ2) is 7.24. The number of allylic oxidation sites excluding steroid dienone is 2. The smallest absolute Gasteiger partial charge is 0.311 e. The van der Waals surface area contributed by atoms with E-state index in [1.165, 1.54) is 5.56 Å². The molecule has 2 atom stereocenters. The molecule has 1 aliphatic carbocycles. The lowest BCUT2D eigenvalue weighted by Crippen LogP contribution is -2.24.